The number of hydrogen-bond donors (Lipinski definition) is 1. The molecule has 4 nitrogen and oxygen atoms in total. The Hall–Kier alpha value is -0.900. The lowest BCUT2D eigenvalue weighted by molar-refractivity contribution is 0.425. The van der Waals surface area contributed by atoms with Crippen molar-refractivity contribution in [2.75, 3.05) is 0 Å². The van der Waals surface area contributed by atoms with E-state index >= 15 is 0 Å². The fraction of sp³-hybridized carbons (Fsp3) is 0.846. The number of fused-ring (bicyclic) bond motifs is 1. The Morgan fingerprint density at radius 3 is 2.53 bits per heavy atom. The molecule has 1 aromatic heterocycles. The van der Waals surface area contributed by atoms with Crippen LogP contribution in [0.2, 0.25) is 0 Å². The second-order valence-electron chi connectivity index (χ2n) is 5.83. The standard InChI is InChI=1S/C13H19N3O/c1-2-4-10-9(3-1)12(10)13-16-15-11(17-13)7-14-8-5-6-8/h8-10,12,14H,1-7H2. The molecule has 0 spiro atoms. The van der Waals surface area contributed by atoms with Crippen LogP contribution < -0.4 is 5.32 Å². The minimum atomic E-state index is 0.597. The summed E-state index contributed by atoms with van der Waals surface area (Å²) in [7, 11) is 0. The minimum absolute atomic E-state index is 0.597. The topological polar surface area (TPSA) is 51.0 Å². The van der Waals surface area contributed by atoms with Crippen molar-refractivity contribution in [1.29, 1.82) is 0 Å². The Morgan fingerprint density at radius 1 is 1.06 bits per heavy atom. The normalized spacial score (nSPS) is 35.6. The van der Waals surface area contributed by atoms with E-state index in [2.05, 4.69) is 15.5 Å². The van der Waals surface area contributed by atoms with Gasteiger partial charge in [-0.2, -0.15) is 0 Å². The molecule has 3 saturated carbocycles. The third kappa shape index (κ3) is 1.88. The van der Waals surface area contributed by atoms with E-state index in [1.54, 1.807) is 0 Å². The zero-order chi connectivity index (χ0) is 11.2. The average molecular weight is 233 g/mol. The molecule has 0 aliphatic heterocycles. The summed E-state index contributed by atoms with van der Waals surface area (Å²) in [5.41, 5.74) is 0. The van der Waals surface area contributed by atoms with Crippen molar-refractivity contribution in [1.82, 2.24) is 15.5 Å². The van der Waals surface area contributed by atoms with Gasteiger partial charge >= 0.3 is 0 Å². The smallest absolute Gasteiger partial charge is 0.230 e. The zero-order valence-electron chi connectivity index (χ0n) is 10.1. The molecule has 0 bridgehead atoms. The summed E-state index contributed by atoms with van der Waals surface area (Å²) in [5, 5.41) is 11.8. The van der Waals surface area contributed by atoms with Crippen molar-refractivity contribution in [3.8, 4) is 0 Å². The van der Waals surface area contributed by atoms with Crippen molar-refractivity contribution >= 4 is 0 Å². The van der Waals surface area contributed by atoms with Crippen LogP contribution in [-0.4, -0.2) is 16.2 Å². The number of nitrogens with one attached hydrogen (secondary N) is 1. The molecule has 0 saturated heterocycles. The summed E-state index contributed by atoms with van der Waals surface area (Å²) in [6.45, 7) is 0.750. The monoisotopic (exact) mass is 233 g/mol. The van der Waals surface area contributed by atoms with Crippen molar-refractivity contribution in [3.63, 3.8) is 0 Å². The van der Waals surface area contributed by atoms with E-state index in [0.29, 0.717) is 12.0 Å². The van der Waals surface area contributed by atoms with Gasteiger partial charge in [0.05, 0.1) is 6.54 Å². The maximum atomic E-state index is 5.79. The molecule has 92 valence electrons. The molecule has 2 atom stereocenters. The molecule has 3 fully saturated rings. The second-order valence-corrected chi connectivity index (χ2v) is 5.83. The largest absolute Gasteiger partial charge is 0.424 e. The van der Waals surface area contributed by atoms with E-state index in [9.17, 15) is 0 Å². The van der Waals surface area contributed by atoms with E-state index in [4.69, 9.17) is 4.42 Å². The van der Waals surface area contributed by atoms with Crippen molar-refractivity contribution in [3.05, 3.63) is 11.8 Å². The first-order chi connectivity index (χ1) is 8.42. The average Bonchev–Trinajstić information content (AvgIpc) is 3.26. The Morgan fingerprint density at radius 2 is 1.82 bits per heavy atom. The lowest BCUT2D eigenvalue weighted by Crippen LogP contribution is -2.15. The van der Waals surface area contributed by atoms with Gasteiger partial charge in [0.2, 0.25) is 11.8 Å². The van der Waals surface area contributed by atoms with Gasteiger partial charge < -0.3 is 9.73 Å². The summed E-state index contributed by atoms with van der Waals surface area (Å²) < 4.78 is 5.79. The Labute approximate surface area is 101 Å². The van der Waals surface area contributed by atoms with Gasteiger partial charge in [-0.3, -0.25) is 0 Å². The molecule has 3 aliphatic carbocycles. The van der Waals surface area contributed by atoms with Crippen LogP contribution in [0.15, 0.2) is 4.42 Å². The highest BCUT2D eigenvalue weighted by atomic mass is 16.4. The van der Waals surface area contributed by atoms with Crippen LogP contribution in [-0.2, 0) is 6.54 Å². The van der Waals surface area contributed by atoms with E-state index in [0.717, 1.165) is 30.2 Å². The van der Waals surface area contributed by atoms with Gasteiger partial charge in [-0.1, -0.05) is 12.8 Å². The molecule has 2 unspecified atom stereocenters. The first kappa shape index (κ1) is 10.1. The van der Waals surface area contributed by atoms with Crippen molar-refractivity contribution in [2.24, 2.45) is 11.8 Å². The molecule has 0 aromatic carbocycles. The first-order valence-corrected chi connectivity index (χ1v) is 6.97. The first-order valence-electron chi connectivity index (χ1n) is 6.97. The Balaban J connectivity index is 1.40. The SMILES string of the molecule is C1CCC2C(C1)C2c1nnc(CNC2CC2)o1. The third-order valence-electron chi connectivity index (χ3n) is 4.54. The molecule has 0 amide bonds. The number of nitrogens with zero attached hydrogens (tertiary/aromatic N) is 2. The van der Waals surface area contributed by atoms with Crippen LogP contribution >= 0.6 is 0 Å². The van der Waals surface area contributed by atoms with Gasteiger partial charge in [0.1, 0.15) is 0 Å². The number of rotatable bonds is 4. The van der Waals surface area contributed by atoms with Crippen LogP contribution in [0.5, 0.6) is 0 Å². The van der Waals surface area contributed by atoms with Crippen LogP contribution in [0.3, 0.4) is 0 Å². The van der Waals surface area contributed by atoms with Gasteiger partial charge in [-0.05, 0) is 37.5 Å². The van der Waals surface area contributed by atoms with Crippen molar-refractivity contribution < 1.29 is 4.42 Å². The Kier molecular flexibility index (Phi) is 2.25. The summed E-state index contributed by atoms with van der Waals surface area (Å²) in [4.78, 5) is 0. The molecule has 1 aromatic rings. The minimum Gasteiger partial charge on any atom is -0.424 e. The molecule has 3 aliphatic rings. The lowest BCUT2D eigenvalue weighted by Gasteiger charge is -2.04. The third-order valence-corrected chi connectivity index (χ3v) is 4.54. The molecule has 4 heteroatoms. The maximum absolute atomic E-state index is 5.79. The second kappa shape index (κ2) is 3.80. The lowest BCUT2D eigenvalue weighted by atomic mass is 10.0. The summed E-state index contributed by atoms with van der Waals surface area (Å²) >= 11 is 0. The summed E-state index contributed by atoms with van der Waals surface area (Å²) in [6, 6.07) is 0.703. The predicted molar refractivity (Wildman–Crippen MR) is 62.3 cm³/mol. The number of hydrogen-bond acceptors (Lipinski definition) is 4. The molecular formula is C13H19N3O. The fourth-order valence-corrected chi connectivity index (χ4v) is 3.35. The highest BCUT2D eigenvalue weighted by molar-refractivity contribution is 5.14. The van der Waals surface area contributed by atoms with E-state index in [1.807, 2.05) is 0 Å². The molecule has 1 N–H and O–H groups in total. The van der Waals surface area contributed by atoms with Gasteiger partial charge in [-0.15, -0.1) is 10.2 Å². The molecule has 4 rings (SSSR count). The van der Waals surface area contributed by atoms with Gasteiger partial charge in [0.15, 0.2) is 0 Å². The molecule has 0 radical (unpaired) electrons. The van der Waals surface area contributed by atoms with Crippen LogP contribution in [0.1, 0.15) is 56.2 Å². The van der Waals surface area contributed by atoms with E-state index in [1.165, 1.54) is 38.5 Å². The predicted octanol–water partition coefficient (Wildman–Crippen LogP) is 2.23. The molecule has 17 heavy (non-hydrogen) atoms. The van der Waals surface area contributed by atoms with Gasteiger partial charge in [-0.25, -0.2) is 0 Å². The van der Waals surface area contributed by atoms with Crippen LogP contribution in [0.25, 0.3) is 0 Å². The number of aromatic nitrogens is 2. The quantitative estimate of drug-likeness (QED) is 0.866. The molecular weight excluding hydrogens is 214 g/mol. The summed E-state index contributed by atoms with van der Waals surface area (Å²) in [5.74, 6) is 3.99. The van der Waals surface area contributed by atoms with Crippen LogP contribution in [0, 0.1) is 11.8 Å². The fourth-order valence-electron chi connectivity index (χ4n) is 3.35. The molecule has 1 heterocycles. The van der Waals surface area contributed by atoms with E-state index in [-0.39, 0.29) is 0 Å². The van der Waals surface area contributed by atoms with Gasteiger partial charge in [0.25, 0.3) is 0 Å². The maximum Gasteiger partial charge on any atom is 0.230 e. The Bertz CT molecular complexity index is 401. The highest BCUT2D eigenvalue weighted by Crippen LogP contribution is 2.60. The highest BCUT2D eigenvalue weighted by Gasteiger charge is 2.54. The zero-order valence-corrected chi connectivity index (χ0v) is 10.1. The summed E-state index contributed by atoms with van der Waals surface area (Å²) in [6.07, 6.45) is 8.12. The van der Waals surface area contributed by atoms with Gasteiger partial charge in [0, 0.05) is 12.0 Å². The van der Waals surface area contributed by atoms with Crippen molar-refractivity contribution in [2.45, 2.75) is 57.0 Å². The van der Waals surface area contributed by atoms with Crippen LogP contribution in [0.4, 0.5) is 0 Å². The van der Waals surface area contributed by atoms with E-state index < -0.39 is 0 Å².